The van der Waals surface area contributed by atoms with Gasteiger partial charge in [-0.3, -0.25) is 0 Å². The van der Waals surface area contributed by atoms with Crippen molar-refractivity contribution in [2.45, 2.75) is 50.5 Å². The van der Waals surface area contributed by atoms with E-state index < -0.39 is 10.0 Å². The summed E-state index contributed by atoms with van der Waals surface area (Å²) in [6.07, 6.45) is 4.44. The number of hydrogen-bond acceptors (Lipinski definition) is 4. The third-order valence-corrected chi connectivity index (χ3v) is 6.86. The lowest BCUT2D eigenvalue weighted by Crippen LogP contribution is -2.38. The van der Waals surface area contributed by atoms with Crippen molar-refractivity contribution < 1.29 is 13.3 Å². The van der Waals surface area contributed by atoms with E-state index in [4.69, 9.17) is 4.84 Å². The van der Waals surface area contributed by atoms with Crippen molar-refractivity contribution in [3.63, 3.8) is 0 Å². The van der Waals surface area contributed by atoms with Crippen LogP contribution in [0.4, 0.5) is 0 Å². The number of aryl methyl sites for hydroxylation is 1. The maximum atomic E-state index is 12.9. The molecule has 0 N–H and O–H groups in total. The van der Waals surface area contributed by atoms with Gasteiger partial charge in [-0.15, -0.1) is 0 Å². The van der Waals surface area contributed by atoms with Gasteiger partial charge >= 0.3 is 0 Å². The summed E-state index contributed by atoms with van der Waals surface area (Å²) in [6.45, 7) is 3.46. The summed E-state index contributed by atoms with van der Waals surface area (Å²) in [4.78, 5) is 5.80. The second kappa shape index (κ2) is 9.85. The van der Waals surface area contributed by atoms with E-state index in [1.807, 2.05) is 42.5 Å². The third kappa shape index (κ3) is 5.42. The molecule has 0 spiro atoms. The molecule has 6 heteroatoms. The Bertz CT molecular complexity index is 868. The first kappa shape index (κ1) is 20.6. The van der Waals surface area contributed by atoms with Crippen LogP contribution in [0.15, 0.2) is 64.6 Å². The van der Waals surface area contributed by atoms with Gasteiger partial charge in [-0.1, -0.05) is 61.0 Å². The molecule has 1 fully saturated rings. The minimum absolute atomic E-state index is 0.369. The van der Waals surface area contributed by atoms with Crippen LogP contribution in [0, 0.1) is 0 Å². The van der Waals surface area contributed by atoms with E-state index in [9.17, 15) is 8.42 Å². The SMILES string of the molecule is CCCCc1ccc(S(=O)(=O)N2CCC(=NOCc3ccccc3)CC2)cc1. The fourth-order valence-corrected chi connectivity index (χ4v) is 4.65. The van der Waals surface area contributed by atoms with Crippen LogP contribution in [0.5, 0.6) is 0 Å². The Morgan fingerprint density at radius 3 is 2.29 bits per heavy atom. The first-order valence-corrected chi connectivity index (χ1v) is 11.3. The zero-order chi connectivity index (χ0) is 19.8. The summed E-state index contributed by atoms with van der Waals surface area (Å²) >= 11 is 0. The number of benzene rings is 2. The molecule has 150 valence electrons. The molecule has 3 rings (SSSR count). The van der Waals surface area contributed by atoms with Crippen LogP contribution in [-0.4, -0.2) is 31.5 Å². The highest BCUT2D eigenvalue weighted by atomic mass is 32.2. The molecule has 0 unspecified atom stereocenters. The normalized spacial score (nSPS) is 15.4. The van der Waals surface area contributed by atoms with Gasteiger partial charge in [-0.05, 0) is 36.1 Å². The van der Waals surface area contributed by atoms with Crippen LogP contribution in [-0.2, 0) is 27.9 Å². The highest BCUT2D eigenvalue weighted by molar-refractivity contribution is 7.89. The molecule has 1 aliphatic heterocycles. The summed E-state index contributed by atoms with van der Waals surface area (Å²) in [5, 5.41) is 4.20. The summed E-state index contributed by atoms with van der Waals surface area (Å²) in [5.41, 5.74) is 3.16. The Balaban J connectivity index is 1.53. The molecule has 0 aromatic heterocycles. The fraction of sp³-hybridized carbons (Fsp3) is 0.409. The molecular weight excluding hydrogens is 372 g/mol. The zero-order valence-electron chi connectivity index (χ0n) is 16.4. The minimum Gasteiger partial charge on any atom is -0.391 e. The highest BCUT2D eigenvalue weighted by Crippen LogP contribution is 2.21. The molecule has 5 nitrogen and oxygen atoms in total. The van der Waals surface area contributed by atoms with Crippen molar-refractivity contribution >= 4 is 15.7 Å². The Morgan fingerprint density at radius 1 is 0.964 bits per heavy atom. The number of unbranched alkanes of at least 4 members (excludes halogenated alkanes) is 1. The van der Waals surface area contributed by atoms with Gasteiger partial charge in [0.2, 0.25) is 10.0 Å². The zero-order valence-corrected chi connectivity index (χ0v) is 17.2. The standard InChI is InChI=1S/C22H28N2O3S/c1-2-3-7-19-10-12-22(13-11-19)28(25,26)24-16-14-21(15-17-24)23-27-18-20-8-5-4-6-9-20/h4-6,8-13H,2-3,7,14-18H2,1H3. The number of nitrogens with zero attached hydrogens (tertiary/aromatic N) is 2. The number of hydrogen-bond donors (Lipinski definition) is 0. The van der Waals surface area contributed by atoms with Crippen LogP contribution in [0.2, 0.25) is 0 Å². The number of oxime groups is 1. The van der Waals surface area contributed by atoms with Crippen molar-refractivity contribution in [2.24, 2.45) is 5.16 Å². The van der Waals surface area contributed by atoms with Crippen LogP contribution < -0.4 is 0 Å². The molecule has 0 bridgehead atoms. The smallest absolute Gasteiger partial charge is 0.243 e. The van der Waals surface area contributed by atoms with E-state index in [0.717, 1.165) is 30.5 Å². The van der Waals surface area contributed by atoms with E-state index >= 15 is 0 Å². The molecule has 2 aromatic rings. The number of sulfonamides is 1. The fourth-order valence-electron chi connectivity index (χ4n) is 3.21. The molecule has 0 radical (unpaired) electrons. The van der Waals surface area contributed by atoms with E-state index in [0.29, 0.717) is 37.4 Å². The van der Waals surface area contributed by atoms with Crippen molar-refractivity contribution in [1.29, 1.82) is 0 Å². The van der Waals surface area contributed by atoms with Crippen LogP contribution in [0.1, 0.15) is 43.7 Å². The van der Waals surface area contributed by atoms with E-state index in [2.05, 4.69) is 12.1 Å². The maximum absolute atomic E-state index is 12.9. The molecule has 2 aromatic carbocycles. The molecule has 1 heterocycles. The van der Waals surface area contributed by atoms with Crippen molar-refractivity contribution in [1.82, 2.24) is 4.31 Å². The Kier molecular flexibility index (Phi) is 7.23. The van der Waals surface area contributed by atoms with Crippen LogP contribution in [0.3, 0.4) is 0 Å². The predicted octanol–water partition coefficient (Wildman–Crippen LogP) is 4.39. The van der Waals surface area contributed by atoms with Gasteiger partial charge < -0.3 is 4.84 Å². The molecule has 0 atom stereocenters. The van der Waals surface area contributed by atoms with Crippen molar-refractivity contribution in [2.75, 3.05) is 13.1 Å². The Morgan fingerprint density at radius 2 is 1.64 bits per heavy atom. The Hall–Kier alpha value is -2.18. The van der Waals surface area contributed by atoms with E-state index in [-0.39, 0.29) is 0 Å². The van der Waals surface area contributed by atoms with Crippen molar-refractivity contribution in [3.8, 4) is 0 Å². The van der Waals surface area contributed by atoms with Gasteiger partial charge in [0.05, 0.1) is 10.6 Å². The second-order valence-corrected chi connectivity index (χ2v) is 9.01. The van der Waals surface area contributed by atoms with E-state index in [1.165, 1.54) is 5.56 Å². The number of piperidine rings is 1. The second-order valence-electron chi connectivity index (χ2n) is 7.07. The minimum atomic E-state index is -3.45. The highest BCUT2D eigenvalue weighted by Gasteiger charge is 2.28. The molecule has 1 aliphatic rings. The average molecular weight is 401 g/mol. The average Bonchev–Trinajstić information content (AvgIpc) is 2.74. The predicted molar refractivity (Wildman–Crippen MR) is 112 cm³/mol. The van der Waals surface area contributed by atoms with Gasteiger partial charge in [0, 0.05) is 25.9 Å². The monoisotopic (exact) mass is 400 g/mol. The van der Waals surface area contributed by atoms with Gasteiger partial charge in [-0.25, -0.2) is 8.42 Å². The van der Waals surface area contributed by atoms with Gasteiger partial charge in [0.15, 0.2) is 0 Å². The summed E-state index contributed by atoms with van der Waals surface area (Å²) in [7, 11) is -3.45. The molecule has 0 saturated carbocycles. The molecule has 0 amide bonds. The maximum Gasteiger partial charge on any atom is 0.243 e. The van der Waals surface area contributed by atoms with Gasteiger partial charge in [0.25, 0.3) is 0 Å². The van der Waals surface area contributed by atoms with E-state index in [1.54, 1.807) is 16.4 Å². The first-order valence-electron chi connectivity index (χ1n) is 9.90. The van der Waals surface area contributed by atoms with Gasteiger partial charge in [-0.2, -0.15) is 4.31 Å². The largest absolute Gasteiger partial charge is 0.391 e. The lowest BCUT2D eigenvalue weighted by molar-refractivity contribution is 0.128. The summed E-state index contributed by atoms with van der Waals surface area (Å²) in [6, 6.07) is 17.2. The number of rotatable bonds is 8. The van der Waals surface area contributed by atoms with Crippen LogP contribution >= 0.6 is 0 Å². The Labute approximate surface area is 168 Å². The van der Waals surface area contributed by atoms with Crippen LogP contribution in [0.25, 0.3) is 0 Å². The van der Waals surface area contributed by atoms with Gasteiger partial charge in [0.1, 0.15) is 6.61 Å². The molecule has 0 aliphatic carbocycles. The molecular formula is C22H28N2O3S. The lowest BCUT2D eigenvalue weighted by atomic mass is 10.1. The quantitative estimate of drug-likeness (QED) is 0.618. The lowest BCUT2D eigenvalue weighted by Gasteiger charge is -2.26. The topological polar surface area (TPSA) is 59.0 Å². The third-order valence-electron chi connectivity index (χ3n) is 4.95. The first-order chi connectivity index (χ1) is 13.6. The molecule has 28 heavy (non-hydrogen) atoms. The summed E-state index contributed by atoms with van der Waals surface area (Å²) < 4.78 is 27.3. The summed E-state index contributed by atoms with van der Waals surface area (Å²) in [5.74, 6) is 0. The van der Waals surface area contributed by atoms with Crippen molar-refractivity contribution in [3.05, 3.63) is 65.7 Å². The molecule has 1 saturated heterocycles.